The summed E-state index contributed by atoms with van der Waals surface area (Å²) in [7, 11) is 0. The summed E-state index contributed by atoms with van der Waals surface area (Å²) in [6, 6.07) is 13.6. The maximum atomic E-state index is 12.2. The third-order valence-electron chi connectivity index (χ3n) is 3.78. The van der Waals surface area contributed by atoms with Crippen LogP contribution in [0.15, 0.2) is 42.5 Å². The number of benzene rings is 2. The van der Waals surface area contributed by atoms with E-state index in [1.165, 1.54) is 11.1 Å². The van der Waals surface area contributed by atoms with Gasteiger partial charge in [0, 0.05) is 5.69 Å². The number of hydrogen-bond donors (Lipinski definition) is 2. The maximum absolute atomic E-state index is 12.2. The standard InChI is InChI=1S/C18H22N2O/c1-12-8-9-15(10-13(12)2)11-18(21)20-14(3)16-6-4-5-7-17(16)19/h4-10,14H,11,19H2,1-3H3,(H,20,21). The van der Waals surface area contributed by atoms with Gasteiger partial charge in [0.15, 0.2) is 0 Å². The van der Waals surface area contributed by atoms with Crippen molar-refractivity contribution in [2.24, 2.45) is 0 Å². The molecule has 0 fully saturated rings. The van der Waals surface area contributed by atoms with E-state index in [4.69, 9.17) is 5.73 Å². The van der Waals surface area contributed by atoms with Gasteiger partial charge in [-0.25, -0.2) is 0 Å². The SMILES string of the molecule is Cc1ccc(CC(=O)NC(C)c2ccccc2N)cc1C. The molecular formula is C18H22N2O. The molecule has 0 aliphatic heterocycles. The van der Waals surface area contributed by atoms with Gasteiger partial charge in [-0.05, 0) is 49.1 Å². The van der Waals surface area contributed by atoms with Crippen LogP contribution < -0.4 is 11.1 Å². The van der Waals surface area contributed by atoms with Crippen molar-refractivity contribution in [1.29, 1.82) is 0 Å². The molecule has 0 heterocycles. The summed E-state index contributed by atoms with van der Waals surface area (Å²) >= 11 is 0. The number of hydrogen-bond acceptors (Lipinski definition) is 2. The number of para-hydroxylation sites is 1. The Labute approximate surface area is 126 Å². The van der Waals surface area contributed by atoms with Gasteiger partial charge in [-0.1, -0.05) is 36.4 Å². The molecule has 0 saturated carbocycles. The van der Waals surface area contributed by atoms with Crippen molar-refractivity contribution in [1.82, 2.24) is 5.32 Å². The van der Waals surface area contributed by atoms with E-state index >= 15 is 0 Å². The summed E-state index contributed by atoms with van der Waals surface area (Å²) in [5.41, 5.74) is 11.1. The molecule has 21 heavy (non-hydrogen) atoms. The van der Waals surface area contributed by atoms with Crippen LogP contribution in [0.5, 0.6) is 0 Å². The monoisotopic (exact) mass is 282 g/mol. The van der Waals surface area contributed by atoms with Gasteiger partial charge < -0.3 is 11.1 Å². The van der Waals surface area contributed by atoms with Gasteiger partial charge in [-0.3, -0.25) is 4.79 Å². The van der Waals surface area contributed by atoms with Gasteiger partial charge >= 0.3 is 0 Å². The van der Waals surface area contributed by atoms with E-state index in [9.17, 15) is 4.79 Å². The molecule has 3 N–H and O–H groups in total. The van der Waals surface area contributed by atoms with E-state index in [-0.39, 0.29) is 11.9 Å². The summed E-state index contributed by atoms with van der Waals surface area (Å²) in [4.78, 5) is 12.2. The first kappa shape index (κ1) is 15.1. The van der Waals surface area contributed by atoms with Gasteiger partial charge in [0.2, 0.25) is 5.91 Å². The molecule has 0 aliphatic carbocycles. The first-order chi connectivity index (χ1) is 9.97. The van der Waals surface area contributed by atoms with Crippen molar-refractivity contribution in [3.63, 3.8) is 0 Å². The Kier molecular flexibility index (Phi) is 4.63. The van der Waals surface area contributed by atoms with Gasteiger partial charge in [0.25, 0.3) is 0 Å². The van der Waals surface area contributed by atoms with Crippen molar-refractivity contribution < 1.29 is 4.79 Å². The van der Waals surface area contributed by atoms with Crippen molar-refractivity contribution >= 4 is 11.6 Å². The second-order valence-corrected chi connectivity index (χ2v) is 5.51. The number of nitrogens with one attached hydrogen (secondary N) is 1. The predicted octanol–water partition coefficient (Wildman–Crippen LogP) is 3.31. The Morgan fingerprint density at radius 3 is 2.52 bits per heavy atom. The van der Waals surface area contributed by atoms with Crippen molar-refractivity contribution in [3.05, 3.63) is 64.7 Å². The molecule has 0 radical (unpaired) electrons. The van der Waals surface area contributed by atoms with Crippen LogP contribution in [-0.4, -0.2) is 5.91 Å². The first-order valence-electron chi connectivity index (χ1n) is 7.17. The van der Waals surface area contributed by atoms with Crippen LogP contribution in [0, 0.1) is 13.8 Å². The summed E-state index contributed by atoms with van der Waals surface area (Å²) in [5.74, 6) is 0.00834. The van der Waals surface area contributed by atoms with E-state index in [0.717, 1.165) is 11.1 Å². The van der Waals surface area contributed by atoms with Crippen LogP contribution in [0.25, 0.3) is 0 Å². The van der Waals surface area contributed by atoms with E-state index in [2.05, 4.69) is 31.3 Å². The molecule has 1 atom stereocenters. The number of aryl methyl sites for hydroxylation is 2. The molecule has 0 aromatic heterocycles. The lowest BCUT2D eigenvalue weighted by Gasteiger charge is -2.16. The minimum absolute atomic E-state index is 0.00834. The van der Waals surface area contributed by atoms with Gasteiger partial charge in [-0.2, -0.15) is 0 Å². The normalized spacial score (nSPS) is 12.0. The molecule has 2 rings (SSSR count). The topological polar surface area (TPSA) is 55.1 Å². The van der Waals surface area contributed by atoms with Crippen LogP contribution in [0.4, 0.5) is 5.69 Å². The predicted molar refractivity (Wildman–Crippen MR) is 87.0 cm³/mol. The lowest BCUT2D eigenvalue weighted by atomic mass is 10.0. The van der Waals surface area contributed by atoms with Crippen LogP contribution in [0.3, 0.4) is 0 Å². The fourth-order valence-electron chi connectivity index (χ4n) is 2.37. The van der Waals surface area contributed by atoms with Gasteiger partial charge in [0.1, 0.15) is 0 Å². The minimum atomic E-state index is -0.0924. The molecule has 2 aromatic rings. The molecule has 3 heteroatoms. The molecule has 0 spiro atoms. The molecule has 2 aromatic carbocycles. The lowest BCUT2D eigenvalue weighted by molar-refractivity contribution is -0.121. The number of rotatable bonds is 4. The van der Waals surface area contributed by atoms with Crippen molar-refractivity contribution in [2.45, 2.75) is 33.2 Å². The zero-order valence-electron chi connectivity index (χ0n) is 12.8. The van der Waals surface area contributed by atoms with E-state index in [1.807, 2.05) is 37.3 Å². The van der Waals surface area contributed by atoms with E-state index < -0.39 is 0 Å². The molecular weight excluding hydrogens is 260 g/mol. The molecule has 0 aliphatic rings. The number of anilines is 1. The Balaban J connectivity index is 2.01. The molecule has 3 nitrogen and oxygen atoms in total. The molecule has 1 unspecified atom stereocenters. The fourth-order valence-corrected chi connectivity index (χ4v) is 2.37. The average molecular weight is 282 g/mol. The largest absolute Gasteiger partial charge is 0.398 e. The number of carbonyl (C=O) groups excluding carboxylic acids is 1. The summed E-state index contributed by atoms with van der Waals surface area (Å²) in [6.07, 6.45) is 0.387. The fraction of sp³-hybridized carbons (Fsp3) is 0.278. The van der Waals surface area contributed by atoms with Crippen LogP contribution >= 0.6 is 0 Å². The number of nitrogens with two attached hydrogens (primary N) is 1. The molecule has 110 valence electrons. The maximum Gasteiger partial charge on any atom is 0.224 e. The zero-order valence-corrected chi connectivity index (χ0v) is 12.8. The molecule has 0 saturated heterocycles. The Morgan fingerprint density at radius 2 is 1.86 bits per heavy atom. The average Bonchev–Trinajstić information content (AvgIpc) is 2.43. The second-order valence-electron chi connectivity index (χ2n) is 5.51. The summed E-state index contributed by atoms with van der Waals surface area (Å²) in [6.45, 7) is 6.08. The van der Waals surface area contributed by atoms with Gasteiger partial charge in [-0.15, -0.1) is 0 Å². The van der Waals surface area contributed by atoms with Crippen LogP contribution in [0.1, 0.15) is 35.2 Å². The minimum Gasteiger partial charge on any atom is -0.398 e. The Hall–Kier alpha value is -2.29. The van der Waals surface area contributed by atoms with E-state index in [0.29, 0.717) is 12.1 Å². The highest BCUT2D eigenvalue weighted by molar-refractivity contribution is 5.79. The molecule has 0 bridgehead atoms. The first-order valence-corrected chi connectivity index (χ1v) is 7.17. The number of carbonyl (C=O) groups is 1. The third-order valence-corrected chi connectivity index (χ3v) is 3.78. The van der Waals surface area contributed by atoms with Crippen LogP contribution in [0.2, 0.25) is 0 Å². The Bertz CT molecular complexity index is 649. The summed E-state index contributed by atoms with van der Waals surface area (Å²) < 4.78 is 0. The highest BCUT2D eigenvalue weighted by atomic mass is 16.1. The third kappa shape index (κ3) is 3.85. The quantitative estimate of drug-likeness (QED) is 0.845. The van der Waals surface area contributed by atoms with E-state index in [1.54, 1.807) is 0 Å². The van der Waals surface area contributed by atoms with Crippen molar-refractivity contribution in [3.8, 4) is 0 Å². The number of nitrogen functional groups attached to an aromatic ring is 1. The lowest BCUT2D eigenvalue weighted by Crippen LogP contribution is -2.28. The summed E-state index contributed by atoms with van der Waals surface area (Å²) in [5, 5.41) is 3.00. The highest BCUT2D eigenvalue weighted by Gasteiger charge is 2.12. The zero-order chi connectivity index (χ0) is 15.4. The highest BCUT2D eigenvalue weighted by Crippen LogP contribution is 2.19. The smallest absolute Gasteiger partial charge is 0.224 e. The Morgan fingerprint density at radius 1 is 1.14 bits per heavy atom. The second kappa shape index (κ2) is 6.44. The van der Waals surface area contributed by atoms with Crippen molar-refractivity contribution in [2.75, 3.05) is 5.73 Å². The molecule has 1 amide bonds. The number of amides is 1. The van der Waals surface area contributed by atoms with Gasteiger partial charge in [0.05, 0.1) is 12.5 Å². The van der Waals surface area contributed by atoms with Crippen LogP contribution in [-0.2, 0) is 11.2 Å².